The van der Waals surface area contributed by atoms with E-state index < -0.39 is 0 Å². The van der Waals surface area contributed by atoms with Crippen molar-refractivity contribution in [2.75, 3.05) is 0 Å². The van der Waals surface area contributed by atoms with Crippen LogP contribution in [0.1, 0.15) is 13.3 Å². The first kappa shape index (κ1) is 7.95. The van der Waals surface area contributed by atoms with Crippen molar-refractivity contribution in [3.63, 3.8) is 0 Å². The Morgan fingerprint density at radius 2 is 2.44 bits per heavy atom. The summed E-state index contributed by atoms with van der Waals surface area (Å²) in [6, 6.07) is 0. The summed E-state index contributed by atoms with van der Waals surface area (Å²) in [5, 5.41) is 2.51. The third kappa shape index (κ3) is 6.95. The third-order valence-corrected chi connectivity index (χ3v) is 0.707. The number of amides is 1. The summed E-state index contributed by atoms with van der Waals surface area (Å²) in [5.41, 5.74) is 0. The molecule has 0 atom stereocenters. The van der Waals surface area contributed by atoms with Crippen molar-refractivity contribution in [1.82, 2.24) is 5.32 Å². The van der Waals surface area contributed by atoms with Gasteiger partial charge in [0.05, 0.1) is 0 Å². The monoisotopic (exact) mass is 125 g/mol. The topological polar surface area (TPSA) is 29.1 Å². The van der Waals surface area contributed by atoms with E-state index >= 15 is 0 Å². The lowest BCUT2D eigenvalue weighted by molar-refractivity contribution is -0.118. The Hall–Kier alpha value is -1.05. The first-order valence-corrected chi connectivity index (χ1v) is 2.80. The molecule has 0 unspecified atom stereocenters. The van der Waals surface area contributed by atoms with E-state index in [9.17, 15) is 4.79 Å². The van der Waals surface area contributed by atoms with Crippen LogP contribution in [0.5, 0.6) is 0 Å². The molecule has 0 spiro atoms. The molecule has 0 aliphatic heterocycles. The highest BCUT2D eigenvalue weighted by atomic mass is 16.1. The summed E-state index contributed by atoms with van der Waals surface area (Å²) in [6.45, 7) is 4.98. The Morgan fingerprint density at radius 3 is 2.89 bits per heavy atom. The number of hydrogen-bond donors (Lipinski definition) is 1. The SMILES string of the molecule is C=CCC=CNC(C)=O. The zero-order chi connectivity index (χ0) is 7.11. The summed E-state index contributed by atoms with van der Waals surface area (Å²) in [5.74, 6) is -0.0460. The number of carbonyl (C=O) groups is 1. The molecule has 2 nitrogen and oxygen atoms in total. The number of allylic oxidation sites excluding steroid dienone is 2. The summed E-state index contributed by atoms with van der Waals surface area (Å²) in [6.07, 6.45) is 6.00. The van der Waals surface area contributed by atoms with Crippen LogP contribution in [-0.4, -0.2) is 5.91 Å². The van der Waals surface area contributed by atoms with E-state index in [2.05, 4.69) is 11.9 Å². The lowest BCUT2D eigenvalue weighted by Crippen LogP contribution is -2.10. The van der Waals surface area contributed by atoms with E-state index in [-0.39, 0.29) is 5.91 Å². The van der Waals surface area contributed by atoms with Crippen molar-refractivity contribution in [1.29, 1.82) is 0 Å². The second-order valence-electron chi connectivity index (χ2n) is 1.63. The van der Waals surface area contributed by atoms with E-state index in [0.29, 0.717) is 0 Å². The number of nitrogens with one attached hydrogen (secondary N) is 1. The van der Waals surface area contributed by atoms with Crippen LogP contribution in [0.25, 0.3) is 0 Å². The molecule has 0 fully saturated rings. The van der Waals surface area contributed by atoms with E-state index in [1.165, 1.54) is 6.92 Å². The van der Waals surface area contributed by atoms with Gasteiger partial charge in [-0.05, 0) is 6.42 Å². The van der Waals surface area contributed by atoms with Crippen LogP contribution in [0.4, 0.5) is 0 Å². The van der Waals surface area contributed by atoms with Crippen LogP contribution in [0.2, 0.25) is 0 Å². The Bertz CT molecular complexity index is 127. The van der Waals surface area contributed by atoms with Gasteiger partial charge in [-0.25, -0.2) is 0 Å². The summed E-state index contributed by atoms with van der Waals surface area (Å²) < 4.78 is 0. The number of rotatable bonds is 3. The Kier molecular flexibility index (Phi) is 4.50. The minimum absolute atomic E-state index is 0.0460. The summed E-state index contributed by atoms with van der Waals surface area (Å²) in [4.78, 5) is 10.2. The molecular weight excluding hydrogens is 114 g/mol. The molecule has 0 aromatic carbocycles. The highest BCUT2D eigenvalue weighted by Gasteiger charge is 1.78. The van der Waals surface area contributed by atoms with E-state index in [4.69, 9.17) is 0 Å². The maximum Gasteiger partial charge on any atom is 0.220 e. The van der Waals surface area contributed by atoms with Gasteiger partial charge >= 0.3 is 0 Å². The highest BCUT2D eigenvalue weighted by molar-refractivity contribution is 5.73. The smallest absolute Gasteiger partial charge is 0.220 e. The standard InChI is InChI=1S/C7H11NO/c1-3-4-5-6-8-7(2)9/h3,5-6H,1,4H2,2H3,(H,8,9). The fraction of sp³-hybridized carbons (Fsp3) is 0.286. The largest absolute Gasteiger partial charge is 0.333 e. The van der Waals surface area contributed by atoms with Gasteiger partial charge in [0.15, 0.2) is 0 Å². The van der Waals surface area contributed by atoms with Crippen LogP contribution in [0, 0.1) is 0 Å². The van der Waals surface area contributed by atoms with E-state index in [0.717, 1.165) is 6.42 Å². The zero-order valence-corrected chi connectivity index (χ0v) is 5.55. The molecule has 0 saturated heterocycles. The molecular formula is C7H11NO. The van der Waals surface area contributed by atoms with Crippen LogP contribution in [0.15, 0.2) is 24.9 Å². The molecule has 0 aromatic heterocycles. The molecule has 0 bridgehead atoms. The lowest BCUT2D eigenvalue weighted by atomic mass is 10.4. The molecule has 2 heteroatoms. The van der Waals surface area contributed by atoms with Crippen molar-refractivity contribution in [2.45, 2.75) is 13.3 Å². The summed E-state index contributed by atoms with van der Waals surface area (Å²) >= 11 is 0. The fourth-order valence-electron chi connectivity index (χ4n) is 0.341. The molecule has 0 radical (unpaired) electrons. The van der Waals surface area contributed by atoms with Crippen LogP contribution < -0.4 is 5.32 Å². The van der Waals surface area contributed by atoms with Crippen LogP contribution >= 0.6 is 0 Å². The van der Waals surface area contributed by atoms with Crippen molar-refractivity contribution in [3.8, 4) is 0 Å². The molecule has 1 N–H and O–H groups in total. The lowest BCUT2D eigenvalue weighted by Gasteiger charge is -1.87. The predicted octanol–water partition coefficient (Wildman–Crippen LogP) is 1.21. The van der Waals surface area contributed by atoms with Crippen LogP contribution in [0.3, 0.4) is 0 Å². The molecule has 1 amide bonds. The molecule has 0 aromatic rings. The Labute approximate surface area is 55.3 Å². The van der Waals surface area contributed by atoms with Crippen molar-refractivity contribution in [3.05, 3.63) is 24.9 Å². The first-order chi connectivity index (χ1) is 4.27. The zero-order valence-electron chi connectivity index (χ0n) is 5.55. The van der Waals surface area contributed by atoms with Crippen LogP contribution in [-0.2, 0) is 4.79 Å². The van der Waals surface area contributed by atoms with Gasteiger partial charge in [-0.15, -0.1) is 6.58 Å². The average Bonchev–Trinajstić information content (AvgIpc) is 1.80. The molecule has 0 saturated carbocycles. The Morgan fingerprint density at radius 1 is 1.78 bits per heavy atom. The molecule has 0 aliphatic rings. The minimum atomic E-state index is -0.0460. The molecule has 0 rings (SSSR count). The average molecular weight is 125 g/mol. The fourth-order valence-corrected chi connectivity index (χ4v) is 0.341. The highest BCUT2D eigenvalue weighted by Crippen LogP contribution is 1.79. The van der Waals surface area contributed by atoms with E-state index in [1.54, 1.807) is 12.3 Å². The van der Waals surface area contributed by atoms with Gasteiger partial charge in [-0.1, -0.05) is 12.2 Å². The van der Waals surface area contributed by atoms with Gasteiger partial charge in [0.2, 0.25) is 5.91 Å². The van der Waals surface area contributed by atoms with Gasteiger partial charge in [-0.3, -0.25) is 4.79 Å². The quantitative estimate of drug-likeness (QED) is 0.564. The number of carbonyl (C=O) groups excluding carboxylic acids is 1. The Balaban J connectivity index is 3.24. The number of hydrogen-bond acceptors (Lipinski definition) is 1. The second kappa shape index (κ2) is 5.09. The summed E-state index contributed by atoms with van der Waals surface area (Å²) in [7, 11) is 0. The van der Waals surface area contributed by atoms with Gasteiger partial charge in [0.1, 0.15) is 0 Å². The maximum atomic E-state index is 10.2. The molecule has 0 heterocycles. The van der Waals surface area contributed by atoms with E-state index in [1.807, 2.05) is 6.08 Å². The normalized spacial score (nSPS) is 9.44. The predicted molar refractivity (Wildman–Crippen MR) is 37.8 cm³/mol. The third-order valence-electron chi connectivity index (χ3n) is 0.707. The first-order valence-electron chi connectivity index (χ1n) is 2.80. The molecule has 50 valence electrons. The van der Waals surface area contributed by atoms with Crippen molar-refractivity contribution < 1.29 is 4.79 Å². The van der Waals surface area contributed by atoms with Gasteiger partial charge in [-0.2, -0.15) is 0 Å². The second-order valence-corrected chi connectivity index (χ2v) is 1.63. The van der Waals surface area contributed by atoms with Gasteiger partial charge in [0, 0.05) is 13.1 Å². The van der Waals surface area contributed by atoms with Gasteiger partial charge in [0.25, 0.3) is 0 Å². The molecule has 9 heavy (non-hydrogen) atoms. The van der Waals surface area contributed by atoms with Crippen molar-refractivity contribution in [2.24, 2.45) is 0 Å². The van der Waals surface area contributed by atoms with Gasteiger partial charge < -0.3 is 5.32 Å². The van der Waals surface area contributed by atoms with Crippen molar-refractivity contribution >= 4 is 5.91 Å². The maximum absolute atomic E-state index is 10.2. The minimum Gasteiger partial charge on any atom is -0.333 e. The molecule has 0 aliphatic carbocycles.